The van der Waals surface area contributed by atoms with Gasteiger partial charge in [-0.25, -0.2) is 4.98 Å². The molecule has 21 heavy (non-hydrogen) atoms. The molecule has 3 heterocycles. The van der Waals surface area contributed by atoms with Gasteiger partial charge in [-0.05, 0) is 12.1 Å². The van der Waals surface area contributed by atoms with Gasteiger partial charge in [0.05, 0.1) is 13.2 Å². The van der Waals surface area contributed by atoms with Crippen molar-refractivity contribution in [1.82, 2.24) is 14.8 Å². The second-order valence-corrected chi connectivity index (χ2v) is 5.08. The lowest BCUT2D eigenvalue weighted by Crippen LogP contribution is -2.62. The first-order valence-corrected chi connectivity index (χ1v) is 6.75. The smallest absolute Gasteiger partial charge is 0.259 e. The van der Waals surface area contributed by atoms with Gasteiger partial charge in [0.2, 0.25) is 17.7 Å². The maximum Gasteiger partial charge on any atom is 0.259 e. The van der Waals surface area contributed by atoms with Gasteiger partial charge in [0.1, 0.15) is 5.56 Å². The highest BCUT2D eigenvalue weighted by atomic mass is 16.5. The summed E-state index contributed by atoms with van der Waals surface area (Å²) in [5.41, 5.74) is 0.387. The molecule has 3 rings (SSSR count). The molecule has 0 saturated carbocycles. The number of carbonyl (C=O) groups excluding carboxylic acids is 3. The molecule has 0 N–H and O–H groups in total. The third-order valence-electron chi connectivity index (χ3n) is 3.80. The van der Waals surface area contributed by atoms with Crippen LogP contribution in [0, 0.1) is 0 Å². The number of nitrogens with zero attached hydrogens (tertiary/aromatic N) is 3. The van der Waals surface area contributed by atoms with Crippen LogP contribution >= 0.6 is 0 Å². The second kappa shape index (κ2) is 5.16. The first-order chi connectivity index (χ1) is 10.1. The highest BCUT2D eigenvalue weighted by Crippen LogP contribution is 2.25. The monoisotopic (exact) mass is 289 g/mol. The number of ether oxygens (including phenoxy) is 1. The normalized spacial score (nSPS) is 18.9. The number of likely N-dealkylation sites (tertiary alicyclic amines) is 2. The molecule has 2 saturated heterocycles. The summed E-state index contributed by atoms with van der Waals surface area (Å²) in [6.45, 7) is 0.739. The van der Waals surface area contributed by atoms with E-state index in [4.69, 9.17) is 4.74 Å². The summed E-state index contributed by atoms with van der Waals surface area (Å²) in [6.07, 6.45) is 2.11. The van der Waals surface area contributed by atoms with Crippen LogP contribution < -0.4 is 4.74 Å². The molecule has 0 aromatic carbocycles. The Kier molecular flexibility index (Phi) is 3.32. The maximum atomic E-state index is 12.3. The number of hydrogen-bond acceptors (Lipinski definition) is 5. The van der Waals surface area contributed by atoms with Crippen LogP contribution in [0.4, 0.5) is 0 Å². The van der Waals surface area contributed by atoms with E-state index in [-0.39, 0.29) is 42.5 Å². The Balaban J connectivity index is 1.67. The summed E-state index contributed by atoms with van der Waals surface area (Å²) in [5, 5.41) is 0. The van der Waals surface area contributed by atoms with Crippen molar-refractivity contribution >= 4 is 17.7 Å². The van der Waals surface area contributed by atoms with Crippen molar-refractivity contribution in [2.45, 2.75) is 18.9 Å². The standard InChI is InChI=1S/C14H15N3O4/c1-21-13-10(3-2-6-15-13)14(20)16-7-9(8-16)17-11(18)4-5-12(17)19/h2-3,6,9H,4-5,7-8H2,1H3. The van der Waals surface area contributed by atoms with E-state index in [9.17, 15) is 14.4 Å². The van der Waals surface area contributed by atoms with Crippen molar-refractivity contribution in [2.24, 2.45) is 0 Å². The molecule has 0 unspecified atom stereocenters. The van der Waals surface area contributed by atoms with Crippen LogP contribution in [-0.2, 0) is 9.59 Å². The summed E-state index contributed by atoms with van der Waals surface area (Å²) in [4.78, 5) is 42.5. The fraction of sp³-hybridized carbons (Fsp3) is 0.429. The highest BCUT2D eigenvalue weighted by Gasteiger charge is 2.43. The van der Waals surface area contributed by atoms with Crippen LogP contribution in [0.25, 0.3) is 0 Å². The summed E-state index contributed by atoms with van der Waals surface area (Å²) in [7, 11) is 1.46. The van der Waals surface area contributed by atoms with Crippen molar-refractivity contribution in [3.8, 4) is 5.88 Å². The van der Waals surface area contributed by atoms with Crippen LogP contribution in [-0.4, -0.2) is 58.7 Å². The lowest BCUT2D eigenvalue weighted by atomic mass is 10.1. The van der Waals surface area contributed by atoms with Crippen LogP contribution in [0.1, 0.15) is 23.2 Å². The predicted molar refractivity (Wildman–Crippen MR) is 71.6 cm³/mol. The predicted octanol–water partition coefficient (Wildman–Crippen LogP) is 0.0636. The quantitative estimate of drug-likeness (QED) is 0.735. The SMILES string of the molecule is COc1ncccc1C(=O)N1CC(N2C(=O)CCC2=O)C1. The molecule has 0 radical (unpaired) electrons. The van der Waals surface area contributed by atoms with Crippen LogP contribution in [0.2, 0.25) is 0 Å². The Morgan fingerprint density at radius 3 is 2.57 bits per heavy atom. The number of aromatic nitrogens is 1. The molecular formula is C14H15N3O4. The molecule has 7 nitrogen and oxygen atoms in total. The summed E-state index contributed by atoms with van der Waals surface area (Å²) < 4.78 is 5.07. The van der Waals surface area contributed by atoms with E-state index in [2.05, 4.69) is 4.98 Å². The van der Waals surface area contributed by atoms with Crippen LogP contribution in [0.3, 0.4) is 0 Å². The van der Waals surface area contributed by atoms with Crippen molar-refractivity contribution in [3.63, 3.8) is 0 Å². The molecule has 2 aliphatic heterocycles. The Bertz CT molecular complexity index is 594. The Hall–Kier alpha value is -2.44. The third kappa shape index (κ3) is 2.24. The van der Waals surface area contributed by atoms with Crippen molar-refractivity contribution < 1.29 is 19.1 Å². The first-order valence-electron chi connectivity index (χ1n) is 6.75. The molecule has 1 aromatic heterocycles. The van der Waals surface area contributed by atoms with Crippen LogP contribution in [0.15, 0.2) is 18.3 Å². The summed E-state index contributed by atoms with van der Waals surface area (Å²) in [6, 6.07) is 3.12. The molecule has 0 spiro atoms. The van der Waals surface area contributed by atoms with E-state index in [0.717, 1.165) is 0 Å². The zero-order valence-corrected chi connectivity index (χ0v) is 11.6. The van der Waals surface area contributed by atoms with E-state index in [1.54, 1.807) is 23.2 Å². The van der Waals surface area contributed by atoms with E-state index in [1.807, 2.05) is 0 Å². The fourth-order valence-corrected chi connectivity index (χ4v) is 2.67. The van der Waals surface area contributed by atoms with Gasteiger partial charge in [0.15, 0.2) is 0 Å². The largest absolute Gasteiger partial charge is 0.480 e. The van der Waals surface area contributed by atoms with Crippen molar-refractivity contribution in [2.75, 3.05) is 20.2 Å². The average molecular weight is 289 g/mol. The minimum absolute atomic E-state index is 0.143. The highest BCUT2D eigenvalue weighted by molar-refractivity contribution is 6.03. The Morgan fingerprint density at radius 1 is 1.29 bits per heavy atom. The number of rotatable bonds is 3. The van der Waals surface area contributed by atoms with Gasteiger partial charge >= 0.3 is 0 Å². The molecule has 2 aliphatic rings. The molecule has 0 atom stereocenters. The molecular weight excluding hydrogens is 274 g/mol. The number of pyridine rings is 1. The van der Waals surface area contributed by atoms with Gasteiger partial charge in [-0.1, -0.05) is 0 Å². The number of hydrogen-bond donors (Lipinski definition) is 0. The summed E-state index contributed by atoms with van der Waals surface area (Å²) in [5.74, 6) is -0.207. The van der Waals surface area contributed by atoms with E-state index >= 15 is 0 Å². The molecule has 2 fully saturated rings. The topological polar surface area (TPSA) is 79.8 Å². The molecule has 1 aromatic rings. The lowest BCUT2D eigenvalue weighted by molar-refractivity contribution is -0.144. The molecule has 7 heteroatoms. The van der Waals surface area contributed by atoms with Gasteiger partial charge < -0.3 is 9.64 Å². The minimum Gasteiger partial charge on any atom is -0.480 e. The second-order valence-electron chi connectivity index (χ2n) is 5.08. The van der Waals surface area contributed by atoms with Gasteiger partial charge in [0.25, 0.3) is 5.91 Å². The first kappa shape index (κ1) is 13.5. The average Bonchev–Trinajstić information content (AvgIpc) is 2.77. The number of methoxy groups -OCH3 is 1. The number of carbonyl (C=O) groups is 3. The molecule has 0 bridgehead atoms. The maximum absolute atomic E-state index is 12.3. The van der Waals surface area contributed by atoms with E-state index < -0.39 is 0 Å². The number of amides is 3. The zero-order valence-electron chi connectivity index (χ0n) is 11.6. The minimum atomic E-state index is -0.199. The van der Waals surface area contributed by atoms with Gasteiger partial charge in [0, 0.05) is 32.1 Å². The van der Waals surface area contributed by atoms with E-state index in [0.29, 0.717) is 18.7 Å². The van der Waals surface area contributed by atoms with Crippen molar-refractivity contribution in [1.29, 1.82) is 0 Å². The van der Waals surface area contributed by atoms with E-state index in [1.165, 1.54) is 12.0 Å². The van der Waals surface area contributed by atoms with Crippen LogP contribution in [0.5, 0.6) is 5.88 Å². The zero-order chi connectivity index (χ0) is 15.0. The Labute approximate surface area is 121 Å². The van der Waals surface area contributed by atoms with Gasteiger partial charge in [-0.2, -0.15) is 0 Å². The molecule has 3 amide bonds. The molecule has 0 aliphatic carbocycles. The lowest BCUT2D eigenvalue weighted by Gasteiger charge is -2.43. The van der Waals surface area contributed by atoms with Gasteiger partial charge in [-0.15, -0.1) is 0 Å². The van der Waals surface area contributed by atoms with Gasteiger partial charge in [-0.3, -0.25) is 19.3 Å². The summed E-state index contributed by atoms with van der Waals surface area (Å²) >= 11 is 0. The number of imide groups is 1. The fourth-order valence-electron chi connectivity index (χ4n) is 2.67. The Morgan fingerprint density at radius 2 is 1.95 bits per heavy atom. The third-order valence-corrected chi connectivity index (χ3v) is 3.80. The molecule has 110 valence electrons. The van der Waals surface area contributed by atoms with Crippen molar-refractivity contribution in [3.05, 3.63) is 23.9 Å².